The molecule has 2 rings (SSSR count). The molecule has 0 fully saturated rings. The molecule has 0 saturated heterocycles. The normalized spacial score (nSPS) is 12.0. The molecule has 9 heteroatoms. The van der Waals surface area contributed by atoms with E-state index in [4.69, 9.17) is 5.11 Å². The third-order valence-corrected chi connectivity index (χ3v) is 3.73. The van der Waals surface area contributed by atoms with E-state index in [1.807, 2.05) is 30.3 Å². The monoisotopic (exact) mass is 366 g/mol. The summed E-state index contributed by atoms with van der Waals surface area (Å²) in [4.78, 5) is 26.7. The van der Waals surface area contributed by atoms with E-state index in [9.17, 15) is 18.4 Å². The minimum absolute atomic E-state index is 0.0281. The van der Waals surface area contributed by atoms with Crippen molar-refractivity contribution < 1.29 is 23.5 Å². The van der Waals surface area contributed by atoms with Crippen molar-refractivity contribution in [3.63, 3.8) is 0 Å². The van der Waals surface area contributed by atoms with Crippen LogP contribution in [0.4, 0.5) is 13.6 Å². The smallest absolute Gasteiger partial charge is 0.319 e. The highest BCUT2D eigenvalue weighted by Crippen LogP contribution is 2.12. The van der Waals surface area contributed by atoms with Crippen molar-refractivity contribution in [2.75, 3.05) is 0 Å². The van der Waals surface area contributed by atoms with Crippen molar-refractivity contribution in [3.8, 4) is 0 Å². The van der Waals surface area contributed by atoms with Gasteiger partial charge >= 0.3 is 18.5 Å². The van der Waals surface area contributed by atoms with E-state index < -0.39 is 24.6 Å². The first kappa shape index (κ1) is 19.4. The summed E-state index contributed by atoms with van der Waals surface area (Å²) >= 11 is 0. The number of carbonyl (C=O) groups is 2. The van der Waals surface area contributed by atoms with Gasteiger partial charge in [0.05, 0.1) is 6.54 Å². The van der Waals surface area contributed by atoms with Gasteiger partial charge in [-0.15, -0.1) is 0 Å². The predicted molar refractivity (Wildman–Crippen MR) is 89.7 cm³/mol. The van der Waals surface area contributed by atoms with Gasteiger partial charge in [-0.25, -0.2) is 9.78 Å². The number of hydrogen-bond acceptors (Lipinski definition) is 3. The molecule has 0 bridgehead atoms. The van der Waals surface area contributed by atoms with Gasteiger partial charge < -0.3 is 15.7 Å². The number of amides is 2. The first-order valence-electron chi connectivity index (χ1n) is 8.05. The van der Waals surface area contributed by atoms with Crippen LogP contribution in [0.25, 0.3) is 0 Å². The number of carbonyl (C=O) groups excluding carboxylic acids is 1. The molecule has 3 N–H and O–H groups in total. The molecule has 0 radical (unpaired) electrons. The molecule has 140 valence electrons. The van der Waals surface area contributed by atoms with E-state index in [1.165, 1.54) is 6.20 Å². The number of hydrogen-bond donors (Lipinski definition) is 3. The zero-order valence-electron chi connectivity index (χ0n) is 13.9. The summed E-state index contributed by atoms with van der Waals surface area (Å²) in [6, 6.07) is 8.37. The molecular formula is C17H20F2N4O3. The van der Waals surface area contributed by atoms with Crippen molar-refractivity contribution in [3.05, 3.63) is 54.1 Å². The maximum absolute atomic E-state index is 12.8. The number of alkyl halides is 2. The zero-order valence-corrected chi connectivity index (χ0v) is 13.9. The number of aliphatic carboxylic acids is 1. The van der Waals surface area contributed by atoms with E-state index >= 15 is 0 Å². The molecule has 1 atom stereocenters. The fraction of sp³-hybridized carbons (Fsp3) is 0.353. The Morgan fingerprint density at radius 3 is 2.62 bits per heavy atom. The molecule has 1 unspecified atom stereocenters. The van der Waals surface area contributed by atoms with Crippen molar-refractivity contribution in [2.24, 2.45) is 0 Å². The number of benzene rings is 1. The summed E-state index contributed by atoms with van der Waals surface area (Å²) in [6.07, 6.45) is 2.99. The quantitative estimate of drug-likeness (QED) is 0.635. The Morgan fingerprint density at radius 1 is 1.23 bits per heavy atom. The van der Waals surface area contributed by atoms with Gasteiger partial charge in [-0.05, 0) is 18.4 Å². The van der Waals surface area contributed by atoms with E-state index in [-0.39, 0.29) is 25.2 Å². The van der Waals surface area contributed by atoms with Crippen molar-refractivity contribution >= 4 is 12.0 Å². The second-order valence-electron chi connectivity index (χ2n) is 5.67. The van der Waals surface area contributed by atoms with Crippen LogP contribution in [0, 0.1) is 0 Å². The fourth-order valence-corrected chi connectivity index (χ4v) is 2.48. The third kappa shape index (κ3) is 6.15. The Morgan fingerprint density at radius 2 is 1.96 bits per heavy atom. The van der Waals surface area contributed by atoms with Crippen LogP contribution in [0.15, 0.2) is 42.7 Å². The lowest BCUT2D eigenvalue weighted by Crippen LogP contribution is -2.43. The highest BCUT2D eigenvalue weighted by atomic mass is 19.3. The summed E-state index contributed by atoms with van der Waals surface area (Å²) in [5.74, 6) is -0.926. The van der Waals surface area contributed by atoms with Crippen molar-refractivity contribution in [2.45, 2.75) is 38.4 Å². The topological polar surface area (TPSA) is 96.2 Å². The zero-order chi connectivity index (χ0) is 18.9. The first-order chi connectivity index (χ1) is 12.5. The van der Waals surface area contributed by atoms with E-state index in [1.54, 1.807) is 0 Å². The minimum atomic E-state index is -2.74. The molecule has 0 saturated carbocycles. The van der Waals surface area contributed by atoms with E-state index in [0.29, 0.717) is 11.0 Å². The van der Waals surface area contributed by atoms with Gasteiger partial charge in [0, 0.05) is 24.9 Å². The lowest BCUT2D eigenvalue weighted by atomic mass is 10.0. The molecule has 0 aliphatic rings. The Hall–Kier alpha value is -2.97. The lowest BCUT2D eigenvalue weighted by molar-refractivity contribution is -0.137. The number of nitrogens with zero attached hydrogens (tertiary/aromatic N) is 2. The molecule has 0 aliphatic carbocycles. The molecule has 0 spiro atoms. The van der Waals surface area contributed by atoms with Crippen LogP contribution < -0.4 is 10.6 Å². The Bertz CT molecular complexity index is 722. The average Bonchev–Trinajstić information content (AvgIpc) is 3.07. The van der Waals surface area contributed by atoms with Crippen LogP contribution in [0.2, 0.25) is 0 Å². The van der Waals surface area contributed by atoms with Crippen molar-refractivity contribution in [1.29, 1.82) is 0 Å². The number of aromatic nitrogens is 2. The highest BCUT2D eigenvalue weighted by Gasteiger charge is 2.16. The van der Waals surface area contributed by atoms with Gasteiger partial charge in [-0.3, -0.25) is 9.36 Å². The number of carboxylic acid groups (broad SMARTS) is 1. The molecule has 7 nitrogen and oxygen atoms in total. The molecule has 0 aliphatic heterocycles. The Labute approximate surface area is 149 Å². The average molecular weight is 366 g/mol. The van der Waals surface area contributed by atoms with E-state index in [0.717, 1.165) is 11.8 Å². The van der Waals surface area contributed by atoms with Gasteiger partial charge in [0.15, 0.2) is 0 Å². The Kier molecular flexibility index (Phi) is 7.07. The molecule has 26 heavy (non-hydrogen) atoms. The predicted octanol–water partition coefficient (Wildman–Crippen LogP) is 2.55. The second-order valence-corrected chi connectivity index (χ2v) is 5.67. The number of halogens is 2. The molecule has 2 aromatic rings. The van der Waals surface area contributed by atoms with Gasteiger partial charge in [0.1, 0.15) is 5.82 Å². The molecule has 1 aromatic carbocycles. The molecular weight excluding hydrogens is 346 g/mol. The standard InChI is InChI=1S/C17H20F2N4O3/c18-16(19)23-9-8-20-14(23)11-21-17(26)22-13(6-7-15(24)25)10-12-4-2-1-3-5-12/h1-5,8-9,13,16H,6-7,10-11H2,(H,24,25)(H2,21,22,26). The number of imidazole rings is 1. The maximum Gasteiger partial charge on any atom is 0.319 e. The number of carboxylic acids is 1. The van der Waals surface area contributed by atoms with Crippen LogP contribution in [-0.4, -0.2) is 32.7 Å². The van der Waals surface area contributed by atoms with Crippen LogP contribution >= 0.6 is 0 Å². The third-order valence-electron chi connectivity index (χ3n) is 3.73. The summed E-state index contributed by atoms with van der Waals surface area (Å²) in [5, 5.41) is 14.0. The SMILES string of the molecule is O=C(O)CCC(Cc1ccccc1)NC(=O)NCc1nccn1C(F)F. The summed E-state index contributed by atoms with van der Waals surface area (Å²) in [5.41, 5.74) is 0.955. The van der Waals surface area contributed by atoms with Gasteiger partial charge in [0.25, 0.3) is 0 Å². The number of nitrogens with one attached hydrogen (secondary N) is 2. The first-order valence-corrected chi connectivity index (χ1v) is 8.05. The summed E-state index contributed by atoms with van der Waals surface area (Å²) < 4.78 is 26.2. The highest BCUT2D eigenvalue weighted by molar-refractivity contribution is 5.74. The van der Waals surface area contributed by atoms with E-state index in [2.05, 4.69) is 15.6 Å². The van der Waals surface area contributed by atoms with Gasteiger partial charge in [-0.1, -0.05) is 30.3 Å². The van der Waals surface area contributed by atoms with Crippen LogP contribution in [0.3, 0.4) is 0 Å². The molecule has 2 amide bonds. The fourth-order valence-electron chi connectivity index (χ4n) is 2.48. The minimum Gasteiger partial charge on any atom is -0.481 e. The molecule has 1 heterocycles. The molecule has 1 aromatic heterocycles. The summed E-state index contributed by atoms with van der Waals surface area (Å²) in [7, 11) is 0. The second kappa shape index (κ2) is 9.50. The van der Waals surface area contributed by atoms with Gasteiger partial charge in [0.2, 0.25) is 0 Å². The Balaban J connectivity index is 1.92. The van der Waals surface area contributed by atoms with Gasteiger partial charge in [-0.2, -0.15) is 8.78 Å². The summed E-state index contributed by atoms with van der Waals surface area (Å²) in [6.45, 7) is -2.90. The lowest BCUT2D eigenvalue weighted by Gasteiger charge is -2.19. The largest absolute Gasteiger partial charge is 0.481 e. The van der Waals surface area contributed by atoms with Crippen LogP contribution in [0.5, 0.6) is 0 Å². The number of urea groups is 1. The van der Waals surface area contributed by atoms with Crippen molar-refractivity contribution in [1.82, 2.24) is 20.2 Å². The van der Waals surface area contributed by atoms with Crippen LogP contribution in [0.1, 0.15) is 30.8 Å². The number of rotatable bonds is 9. The maximum atomic E-state index is 12.8. The van der Waals surface area contributed by atoms with Crippen LogP contribution in [-0.2, 0) is 17.8 Å².